The van der Waals surface area contributed by atoms with Gasteiger partial charge in [0, 0.05) is 19.0 Å². The van der Waals surface area contributed by atoms with Gasteiger partial charge in [-0.15, -0.1) is 0 Å². The zero-order chi connectivity index (χ0) is 19.4. The zero-order valence-electron chi connectivity index (χ0n) is 18.2. The lowest BCUT2D eigenvalue weighted by Gasteiger charge is -2.42. The number of carbonyl (C=O) groups is 1. The number of nitrogens with one attached hydrogen (secondary N) is 1. The van der Waals surface area contributed by atoms with Gasteiger partial charge >= 0.3 is 0 Å². The number of hydrogen-bond acceptors (Lipinski definition) is 3. The van der Waals surface area contributed by atoms with Crippen LogP contribution in [0, 0.1) is 11.8 Å². The van der Waals surface area contributed by atoms with Crippen LogP contribution in [-0.2, 0) is 4.79 Å². The molecule has 4 heteroatoms. The molecule has 1 amide bonds. The summed E-state index contributed by atoms with van der Waals surface area (Å²) in [5, 5.41) is 2.88. The number of carbonyl (C=O) groups excluding carboxylic acids is 1. The summed E-state index contributed by atoms with van der Waals surface area (Å²) >= 11 is 0. The Morgan fingerprint density at radius 1 is 1.04 bits per heavy atom. The summed E-state index contributed by atoms with van der Waals surface area (Å²) in [6.45, 7) is 17.6. The predicted octanol–water partition coefficient (Wildman–Crippen LogP) is 4.15. The minimum absolute atomic E-state index is 0.205. The normalized spacial score (nSPS) is 21.7. The molecule has 0 aromatic rings. The highest BCUT2D eigenvalue weighted by atomic mass is 16.1. The van der Waals surface area contributed by atoms with Crippen molar-refractivity contribution in [3.8, 4) is 0 Å². The molecule has 2 saturated heterocycles. The van der Waals surface area contributed by atoms with Crippen LogP contribution in [0.25, 0.3) is 0 Å². The van der Waals surface area contributed by atoms with Crippen molar-refractivity contribution in [1.29, 1.82) is 0 Å². The smallest absolute Gasteiger partial charge is 0.220 e. The van der Waals surface area contributed by atoms with E-state index in [1.165, 1.54) is 58.3 Å². The van der Waals surface area contributed by atoms with Gasteiger partial charge in [0.05, 0.1) is 0 Å². The van der Waals surface area contributed by atoms with Crippen LogP contribution in [-0.4, -0.2) is 61.0 Å². The van der Waals surface area contributed by atoms with E-state index in [0.717, 1.165) is 37.4 Å². The third-order valence-electron chi connectivity index (χ3n) is 6.35. The van der Waals surface area contributed by atoms with Crippen molar-refractivity contribution >= 4 is 5.91 Å². The number of piperidine rings is 2. The molecule has 2 fully saturated rings. The minimum atomic E-state index is 0.205. The highest BCUT2D eigenvalue weighted by molar-refractivity contribution is 5.75. The highest BCUT2D eigenvalue weighted by Crippen LogP contribution is 2.29. The Morgan fingerprint density at radius 2 is 1.65 bits per heavy atom. The van der Waals surface area contributed by atoms with Gasteiger partial charge in [0.1, 0.15) is 0 Å². The second-order valence-corrected chi connectivity index (χ2v) is 7.89. The molecular weight excluding hydrogens is 322 g/mol. The average molecular weight is 368 g/mol. The lowest BCUT2D eigenvalue weighted by Crippen LogP contribution is -2.48. The molecule has 0 spiro atoms. The largest absolute Gasteiger partial charge is 0.356 e. The van der Waals surface area contributed by atoms with Crippen LogP contribution in [0.4, 0.5) is 0 Å². The second-order valence-electron chi connectivity index (χ2n) is 7.89. The number of amides is 1. The summed E-state index contributed by atoms with van der Waals surface area (Å²) in [6, 6.07) is 0.808. The summed E-state index contributed by atoms with van der Waals surface area (Å²) in [6.07, 6.45) is 8.45. The van der Waals surface area contributed by atoms with Gasteiger partial charge in [-0.3, -0.25) is 4.79 Å². The molecule has 26 heavy (non-hydrogen) atoms. The predicted molar refractivity (Wildman–Crippen MR) is 112 cm³/mol. The van der Waals surface area contributed by atoms with Crippen LogP contribution in [0.15, 0.2) is 0 Å². The van der Waals surface area contributed by atoms with E-state index in [4.69, 9.17) is 0 Å². The Balaban J connectivity index is 0.00000163. The third-order valence-corrected chi connectivity index (χ3v) is 6.35. The van der Waals surface area contributed by atoms with Gasteiger partial charge in [-0.25, -0.2) is 0 Å². The van der Waals surface area contributed by atoms with Gasteiger partial charge in [0.25, 0.3) is 0 Å². The lowest BCUT2D eigenvalue weighted by molar-refractivity contribution is -0.121. The maximum atomic E-state index is 11.5. The fourth-order valence-electron chi connectivity index (χ4n) is 4.44. The Hall–Kier alpha value is -0.610. The van der Waals surface area contributed by atoms with Gasteiger partial charge < -0.3 is 15.1 Å². The molecule has 1 N–H and O–H groups in total. The average Bonchev–Trinajstić information content (AvgIpc) is 2.70. The molecule has 2 aliphatic heterocycles. The van der Waals surface area contributed by atoms with Crippen LogP contribution >= 0.6 is 0 Å². The van der Waals surface area contributed by atoms with Crippen LogP contribution in [0.5, 0.6) is 0 Å². The van der Waals surface area contributed by atoms with Gasteiger partial charge in [-0.1, -0.05) is 34.1 Å². The van der Waals surface area contributed by atoms with Crippen molar-refractivity contribution in [2.24, 2.45) is 11.8 Å². The van der Waals surface area contributed by atoms with Crippen LogP contribution < -0.4 is 5.32 Å². The standard InChI is InChI=1S/C20H39N3O.C2H6/c1-4-17(3)18-8-15-23(16-9-18)19-10-13-22(14-11-19)12-6-7-20(24)21-5-2;1-2/h17-19H,4-16H2,1-3H3,(H,21,24);1-2H3. The Kier molecular flexibility index (Phi) is 12.2. The number of rotatable bonds is 8. The first-order valence-corrected chi connectivity index (χ1v) is 11.4. The van der Waals surface area contributed by atoms with Gasteiger partial charge in [0.15, 0.2) is 0 Å². The summed E-state index contributed by atoms with van der Waals surface area (Å²) in [4.78, 5) is 16.8. The Bertz CT molecular complexity index is 358. The zero-order valence-corrected chi connectivity index (χ0v) is 18.2. The molecule has 0 bridgehead atoms. The Morgan fingerprint density at radius 3 is 2.19 bits per heavy atom. The van der Waals surface area contributed by atoms with Crippen LogP contribution in [0.2, 0.25) is 0 Å². The van der Waals surface area contributed by atoms with E-state index in [2.05, 4.69) is 29.0 Å². The molecule has 2 heterocycles. The van der Waals surface area contributed by atoms with E-state index in [9.17, 15) is 4.79 Å². The molecule has 1 unspecified atom stereocenters. The minimum Gasteiger partial charge on any atom is -0.356 e. The molecule has 154 valence electrons. The topological polar surface area (TPSA) is 35.6 Å². The molecule has 1 atom stereocenters. The van der Waals surface area contributed by atoms with Crippen molar-refractivity contribution in [3.05, 3.63) is 0 Å². The Labute approximate surface area is 163 Å². The van der Waals surface area contributed by atoms with E-state index in [1.807, 2.05) is 20.8 Å². The van der Waals surface area contributed by atoms with Crippen molar-refractivity contribution in [2.45, 2.75) is 85.6 Å². The fourth-order valence-corrected chi connectivity index (χ4v) is 4.44. The summed E-state index contributed by atoms with van der Waals surface area (Å²) in [5.41, 5.74) is 0. The van der Waals surface area contributed by atoms with E-state index < -0.39 is 0 Å². The van der Waals surface area contributed by atoms with Crippen molar-refractivity contribution in [2.75, 3.05) is 39.3 Å². The van der Waals surface area contributed by atoms with Gasteiger partial charge in [-0.2, -0.15) is 0 Å². The highest BCUT2D eigenvalue weighted by Gasteiger charge is 2.29. The SMILES string of the molecule is CC.CCNC(=O)CCCN1CCC(N2CCC(C(C)CC)CC2)CC1. The first-order chi connectivity index (χ1) is 12.6. The van der Waals surface area contributed by atoms with E-state index in [-0.39, 0.29) is 5.91 Å². The van der Waals surface area contributed by atoms with Crippen molar-refractivity contribution in [1.82, 2.24) is 15.1 Å². The van der Waals surface area contributed by atoms with E-state index in [1.54, 1.807) is 0 Å². The third kappa shape index (κ3) is 7.96. The molecule has 2 aliphatic rings. The number of hydrogen-bond donors (Lipinski definition) is 1. The molecule has 0 aliphatic carbocycles. The summed E-state index contributed by atoms with van der Waals surface area (Å²) in [7, 11) is 0. The lowest BCUT2D eigenvalue weighted by atomic mass is 9.83. The molecule has 2 rings (SSSR count). The maximum absolute atomic E-state index is 11.5. The molecular formula is C22H45N3O. The number of nitrogens with zero attached hydrogens (tertiary/aromatic N) is 2. The maximum Gasteiger partial charge on any atom is 0.220 e. The van der Waals surface area contributed by atoms with Gasteiger partial charge in [0.2, 0.25) is 5.91 Å². The number of likely N-dealkylation sites (tertiary alicyclic amines) is 2. The van der Waals surface area contributed by atoms with Gasteiger partial charge in [-0.05, 0) is 83.6 Å². The molecule has 0 radical (unpaired) electrons. The molecule has 0 aromatic heterocycles. The van der Waals surface area contributed by atoms with E-state index >= 15 is 0 Å². The molecule has 0 saturated carbocycles. The van der Waals surface area contributed by atoms with Crippen LogP contribution in [0.3, 0.4) is 0 Å². The summed E-state index contributed by atoms with van der Waals surface area (Å²) in [5.74, 6) is 2.07. The fraction of sp³-hybridized carbons (Fsp3) is 0.955. The molecule has 4 nitrogen and oxygen atoms in total. The first kappa shape index (κ1) is 23.4. The quantitative estimate of drug-likeness (QED) is 0.700. The van der Waals surface area contributed by atoms with Crippen molar-refractivity contribution < 1.29 is 4.79 Å². The monoisotopic (exact) mass is 367 g/mol. The van der Waals surface area contributed by atoms with Crippen LogP contribution in [0.1, 0.15) is 79.6 Å². The summed E-state index contributed by atoms with van der Waals surface area (Å²) < 4.78 is 0. The second kappa shape index (κ2) is 13.5. The van der Waals surface area contributed by atoms with E-state index in [0.29, 0.717) is 6.42 Å². The molecule has 0 aromatic carbocycles. The van der Waals surface area contributed by atoms with Crippen molar-refractivity contribution in [3.63, 3.8) is 0 Å². The first-order valence-electron chi connectivity index (χ1n) is 11.4.